The number of hydrogen-bond acceptors (Lipinski definition) is 7. The monoisotopic (exact) mass is 511 g/mol. The summed E-state index contributed by atoms with van der Waals surface area (Å²) in [6.45, 7) is 2.30. The summed E-state index contributed by atoms with van der Waals surface area (Å²) in [6, 6.07) is 5.97. The Morgan fingerprint density at radius 3 is 1.58 bits per heavy atom. The van der Waals surface area contributed by atoms with Crippen molar-refractivity contribution in [1.82, 2.24) is 0 Å². The van der Waals surface area contributed by atoms with Crippen molar-refractivity contribution in [2.24, 2.45) is 0 Å². The molecule has 0 aliphatic heterocycles. The van der Waals surface area contributed by atoms with Crippen molar-refractivity contribution in [3.63, 3.8) is 0 Å². The highest BCUT2D eigenvalue weighted by Crippen LogP contribution is 2.49. The molecule has 1 N–H and O–H groups in total. The minimum absolute atomic E-state index is 0.00605. The zero-order chi connectivity index (χ0) is 24.9. The number of carbonyl (C=O) groups is 1. The molecule has 1 aromatic carbocycles. The number of hydrogen-bond donors (Lipinski definition) is 1. The van der Waals surface area contributed by atoms with Crippen LogP contribution < -0.4 is 5.32 Å². The van der Waals surface area contributed by atoms with Gasteiger partial charge in [-0.1, -0.05) is 18.2 Å². The maximum Gasteiger partial charge on any atom is 0.419 e. The number of halogens is 4. The maximum absolute atomic E-state index is 14.7. The first-order chi connectivity index (χ1) is 13.5. The van der Waals surface area contributed by atoms with Crippen molar-refractivity contribution in [3.8, 4) is 0 Å². The topological polar surface area (TPSA) is 132 Å². The highest BCUT2D eigenvalue weighted by Gasteiger charge is 2.79. The minimum atomic E-state index is -7.11. The second kappa shape index (κ2) is 7.69. The van der Waals surface area contributed by atoms with E-state index in [0.29, 0.717) is 0 Å². The van der Waals surface area contributed by atoms with E-state index in [-0.39, 0.29) is 13.2 Å². The average Bonchev–Trinajstić information content (AvgIpc) is 2.59. The first-order valence-corrected chi connectivity index (χ1v) is 13.2. The van der Waals surface area contributed by atoms with Crippen LogP contribution in [0.15, 0.2) is 30.3 Å². The lowest BCUT2D eigenvalue weighted by molar-refractivity contribution is -0.175. The largest absolute Gasteiger partial charge is 0.419 e. The number of anilines is 1. The van der Waals surface area contributed by atoms with E-state index in [9.17, 15) is 47.6 Å². The zero-order valence-corrected chi connectivity index (χ0v) is 19.4. The molecule has 15 heteroatoms. The van der Waals surface area contributed by atoms with Gasteiger partial charge in [0, 0.05) is 11.9 Å². The number of alkyl halides is 4. The van der Waals surface area contributed by atoms with E-state index in [0.717, 1.165) is 32.9 Å². The summed E-state index contributed by atoms with van der Waals surface area (Å²) in [5, 5.41) is -5.03. The number of benzene rings is 1. The quantitative estimate of drug-likeness (QED) is 0.555. The van der Waals surface area contributed by atoms with E-state index in [4.69, 9.17) is 0 Å². The van der Waals surface area contributed by atoms with Gasteiger partial charge in [-0.25, -0.2) is 25.3 Å². The number of carbonyl (C=O) groups excluding carboxylic acids is 1. The summed E-state index contributed by atoms with van der Waals surface area (Å²) in [5.41, 5.74) is -0.395. The fourth-order valence-corrected chi connectivity index (χ4v) is 10.8. The summed E-state index contributed by atoms with van der Waals surface area (Å²) >= 11 is 0. The molecule has 1 unspecified atom stereocenters. The molecule has 1 aromatic rings. The third kappa shape index (κ3) is 3.95. The lowest BCUT2D eigenvalue weighted by atomic mass is 10.2. The number of sulfone groups is 3. The molecule has 0 aliphatic rings. The average molecular weight is 512 g/mol. The molecule has 178 valence electrons. The second-order valence-corrected chi connectivity index (χ2v) is 16.2. The molecule has 0 saturated heterocycles. The predicted octanol–water partition coefficient (Wildman–Crippen LogP) is 2.20. The van der Waals surface area contributed by atoms with E-state index in [2.05, 4.69) is 0 Å². The summed E-state index contributed by atoms with van der Waals surface area (Å²) in [4.78, 5) is 11.8. The molecule has 1 atom stereocenters. The van der Waals surface area contributed by atoms with Gasteiger partial charge < -0.3 is 5.32 Å². The molecular weight excluding hydrogens is 490 g/mol. The van der Waals surface area contributed by atoms with E-state index in [1.807, 2.05) is 0 Å². The lowest BCUT2D eigenvalue weighted by Crippen LogP contribution is -2.65. The van der Waals surface area contributed by atoms with Crippen LogP contribution in [0.2, 0.25) is 0 Å². The Kier molecular flexibility index (Phi) is 6.77. The van der Waals surface area contributed by atoms with Gasteiger partial charge in [-0.3, -0.25) is 4.79 Å². The third-order valence-corrected chi connectivity index (χ3v) is 14.8. The Hall–Kier alpha value is -1.74. The SMILES string of the molecule is CC(C)(C)S(=O)(=O)C(C)(S(C)(=O)=O)S(=O)(=O)C(F)(F)C(F)(F)C(=O)Nc1ccccc1. The molecule has 0 bridgehead atoms. The number of amides is 1. The standard InChI is InChI=1S/C16H21F4NO7S3/c1-13(2,3)30(25,26)14(4,29(5,23)24)31(27,28)16(19,20)15(17,18)12(22)21-11-9-7-6-8-10-11/h6-10H,1-5H3,(H,21,22). The van der Waals surface area contributed by atoms with Crippen molar-refractivity contribution < 1.29 is 47.6 Å². The number of rotatable bonds is 7. The highest BCUT2D eigenvalue weighted by atomic mass is 32.3. The van der Waals surface area contributed by atoms with Gasteiger partial charge in [0.2, 0.25) is 0 Å². The van der Waals surface area contributed by atoms with Crippen LogP contribution in [0.25, 0.3) is 0 Å². The first kappa shape index (κ1) is 27.3. The Morgan fingerprint density at radius 2 is 1.23 bits per heavy atom. The number of nitrogens with one attached hydrogen (secondary N) is 1. The van der Waals surface area contributed by atoms with Crippen LogP contribution in [-0.2, 0) is 34.3 Å². The Morgan fingerprint density at radius 1 is 0.806 bits per heavy atom. The van der Waals surface area contributed by atoms with Crippen LogP contribution in [0.1, 0.15) is 27.7 Å². The van der Waals surface area contributed by atoms with Gasteiger partial charge in [0.05, 0.1) is 4.75 Å². The smallest absolute Gasteiger partial charge is 0.321 e. The van der Waals surface area contributed by atoms with Gasteiger partial charge in [-0.05, 0) is 39.8 Å². The molecule has 0 saturated carbocycles. The molecule has 31 heavy (non-hydrogen) atoms. The molecule has 0 spiro atoms. The Balaban J connectivity index is 3.79. The molecular formula is C16H21F4NO7S3. The van der Waals surface area contributed by atoms with Crippen molar-refractivity contribution in [2.75, 3.05) is 11.6 Å². The normalized spacial score (nSPS) is 16.4. The van der Waals surface area contributed by atoms with Crippen molar-refractivity contribution in [2.45, 2.75) is 47.0 Å². The van der Waals surface area contributed by atoms with E-state index in [1.54, 1.807) is 0 Å². The van der Waals surface area contributed by atoms with Crippen LogP contribution in [0.3, 0.4) is 0 Å². The molecule has 0 radical (unpaired) electrons. The maximum atomic E-state index is 14.7. The fraction of sp³-hybridized carbons (Fsp3) is 0.562. The van der Waals surface area contributed by atoms with Gasteiger partial charge in [0.25, 0.3) is 13.2 Å². The van der Waals surface area contributed by atoms with Gasteiger partial charge in [-0.2, -0.15) is 17.6 Å². The van der Waals surface area contributed by atoms with Crippen molar-refractivity contribution in [3.05, 3.63) is 30.3 Å². The van der Waals surface area contributed by atoms with E-state index < -0.39 is 60.4 Å². The highest BCUT2D eigenvalue weighted by molar-refractivity contribution is 8.26. The van der Waals surface area contributed by atoms with Crippen LogP contribution in [-0.4, -0.2) is 56.8 Å². The molecule has 0 aliphatic carbocycles. The third-order valence-electron chi connectivity index (χ3n) is 4.48. The summed E-state index contributed by atoms with van der Waals surface area (Å²) in [6.07, 6.45) is 0.00605. The Bertz CT molecular complexity index is 1170. The van der Waals surface area contributed by atoms with Crippen molar-refractivity contribution >= 4 is 41.1 Å². The lowest BCUT2D eigenvalue weighted by Gasteiger charge is -2.37. The molecule has 8 nitrogen and oxygen atoms in total. The van der Waals surface area contributed by atoms with E-state index in [1.165, 1.54) is 23.5 Å². The molecule has 0 fully saturated rings. The molecule has 0 heterocycles. The van der Waals surface area contributed by atoms with Crippen LogP contribution in [0.5, 0.6) is 0 Å². The second-order valence-electron chi connectivity index (χ2n) is 7.67. The molecule has 1 rings (SSSR count). The summed E-state index contributed by atoms with van der Waals surface area (Å²) < 4.78 is 127. The van der Waals surface area contributed by atoms with Crippen LogP contribution >= 0.6 is 0 Å². The summed E-state index contributed by atoms with van der Waals surface area (Å²) in [7, 11) is -18.2. The van der Waals surface area contributed by atoms with Crippen LogP contribution in [0, 0.1) is 0 Å². The molecule has 0 aromatic heterocycles. The predicted molar refractivity (Wildman–Crippen MR) is 106 cm³/mol. The zero-order valence-electron chi connectivity index (χ0n) is 17.0. The Labute approximate surface area is 177 Å². The fourth-order valence-electron chi connectivity index (χ4n) is 2.36. The number of para-hydroxylation sites is 1. The van der Waals surface area contributed by atoms with Gasteiger partial charge in [-0.15, -0.1) is 0 Å². The van der Waals surface area contributed by atoms with Gasteiger partial charge in [0.1, 0.15) is 0 Å². The van der Waals surface area contributed by atoms with Gasteiger partial charge >= 0.3 is 17.1 Å². The van der Waals surface area contributed by atoms with Crippen LogP contribution in [0.4, 0.5) is 23.2 Å². The van der Waals surface area contributed by atoms with Gasteiger partial charge in [0.15, 0.2) is 19.7 Å². The van der Waals surface area contributed by atoms with E-state index >= 15 is 0 Å². The summed E-state index contributed by atoms with van der Waals surface area (Å²) in [5.74, 6) is -8.82. The van der Waals surface area contributed by atoms with Crippen molar-refractivity contribution in [1.29, 1.82) is 0 Å². The molecule has 1 amide bonds. The minimum Gasteiger partial charge on any atom is -0.321 e. The first-order valence-electron chi connectivity index (χ1n) is 8.30.